The first kappa shape index (κ1) is 18.4. The van der Waals surface area contributed by atoms with Gasteiger partial charge in [0.05, 0.1) is 22.3 Å². The van der Waals surface area contributed by atoms with Crippen LogP contribution in [0, 0.1) is 6.92 Å². The van der Waals surface area contributed by atoms with Crippen molar-refractivity contribution in [1.29, 1.82) is 0 Å². The van der Waals surface area contributed by atoms with E-state index in [1.54, 1.807) is 29.7 Å². The molecule has 27 heavy (non-hydrogen) atoms. The number of aromatic carboxylic acids is 1. The molecule has 1 aromatic heterocycles. The predicted octanol–water partition coefficient (Wildman–Crippen LogP) is 2.86. The molecule has 0 saturated carbocycles. The maximum absolute atomic E-state index is 12.8. The zero-order chi connectivity index (χ0) is 19.6. The van der Waals surface area contributed by atoms with Gasteiger partial charge in [0.25, 0.3) is 0 Å². The van der Waals surface area contributed by atoms with Crippen molar-refractivity contribution in [2.45, 2.75) is 33.4 Å². The minimum atomic E-state index is -1.12. The summed E-state index contributed by atoms with van der Waals surface area (Å²) in [5.41, 5.74) is 2.11. The molecule has 0 unspecified atom stereocenters. The summed E-state index contributed by atoms with van der Waals surface area (Å²) in [6.07, 6.45) is 0.797. The molecule has 0 aliphatic rings. The number of aryl methyl sites for hydroxylation is 2. The van der Waals surface area contributed by atoms with Gasteiger partial charge in [-0.2, -0.15) is 0 Å². The largest absolute Gasteiger partial charge is 0.478 e. The SMILES string of the molecule is CCCn1c(=O)n(CC(=O)Nc2c(C)cccc2C(=O)O)c2ccccc21. The maximum atomic E-state index is 12.8. The topological polar surface area (TPSA) is 93.3 Å². The first-order chi connectivity index (χ1) is 12.9. The Morgan fingerprint density at radius 2 is 1.70 bits per heavy atom. The number of aromatic nitrogens is 2. The monoisotopic (exact) mass is 367 g/mol. The molecule has 7 nitrogen and oxygen atoms in total. The molecule has 0 fully saturated rings. The first-order valence-electron chi connectivity index (χ1n) is 8.74. The number of hydrogen-bond donors (Lipinski definition) is 2. The highest BCUT2D eigenvalue weighted by Gasteiger charge is 2.18. The summed E-state index contributed by atoms with van der Waals surface area (Å²) < 4.78 is 3.07. The third-order valence-corrected chi connectivity index (χ3v) is 4.44. The average molecular weight is 367 g/mol. The van der Waals surface area contributed by atoms with Gasteiger partial charge < -0.3 is 10.4 Å². The Morgan fingerprint density at radius 1 is 1.04 bits per heavy atom. The molecule has 7 heteroatoms. The van der Waals surface area contributed by atoms with E-state index in [4.69, 9.17) is 0 Å². The highest BCUT2D eigenvalue weighted by molar-refractivity contribution is 6.01. The van der Waals surface area contributed by atoms with Crippen LogP contribution in [0.25, 0.3) is 11.0 Å². The van der Waals surface area contributed by atoms with E-state index in [-0.39, 0.29) is 23.5 Å². The molecule has 0 aliphatic carbocycles. The molecule has 1 heterocycles. The molecule has 1 amide bonds. The van der Waals surface area contributed by atoms with Crippen LogP contribution in [0.2, 0.25) is 0 Å². The number of nitrogens with zero attached hydrogens (tertiary/aromatic N) is 2. The van der Waals surface area contributed by atoms with Crippen LogP contribution in [0.4, 0.5) is 5.69 Å². The number of imidazole rings is 1. The third kappa shape index (κ3) is 3.48. The summed E-state index contributed by atoms with van der Waals surface area (Å²) in [6.45, 7) is 4.08. The van der Waals surface area contributed by atoms with Gasteiger partial charge in [0.2, 0.25) is 5.91 Å². The minimum absolute atomic E-state index is 0.0177. The van der Waals surface area contributed by atoms with E-state index in [9.17, 15) is 19.5 Å². The second-order valence-electron chi connectivity index (χ2n) is 6.36. The molecular weight excluding hydrogens is 346 g/mol. The number of nitrogens with one attached hydrogen (secondary N) is 1. The van der Waals surface area contributed by atoms with Crippen LogP contribution in [0.5, 0.6) is 0 Å². The van der Waals surface area contributed by atoms with E-state index in [2.05, 4.69) is 5.32 Å². The number of hydrogen-bond acceptors (Lipinski definition) is 3. The summed E-state index contributed by atoms with van der Waals surface area (Å²) in [7, 11) is 0. The number of carboxylic acid groups (broad SMARTS) is 1. The quantitative estimate of drug-likeness (QED) is 0.701. The van der Waals surface area contributed by atoms with Gasteiger partial charge in [-0.25, -0.2) is 9.59 Å². The van der Waals surface area contributed by atoms with E-state index in [0.717, 1.165) is 11.9 Å². The van der Waals surface area contributed by atoms with Crippen LogP contribution in [0.1, 0.15) is 29.3 Å². The van der Waals surface area contributed by atoms with E-state index in [1.807, 2.05) is 25.1 Å². The minimum Gasteiger partial charge on any atom is -0.478 e. The highest BCUT2D eigenvalue weighted by Crippen LogP contribution is 2.21. The Balaban J connectivity index is 1.96. The lowest BCUT2D eigenvalue weighted by molar-refractivity contribution is -0.116. The molecule has 0 spiro atoms. The number of fused-ring (bicyclic) bond motifs is 1. The zero-order valence-electron chi connectivity index (χ0n) is 15.2. The Kier molecular flexibility index (Phi) is 5.12. The van der Waals surface area contributed by atoms with E-state index in [0.29, 0.717) is 17.6 Å². The number of carboxylic acids is 1. The number of rotatable bonds is 6. The molecule has 2 aromatic carbocycles. The zero-order valence-corrected chi connectivity index (χ0v) is 15.2. The number of carbonyl (C=O) groups is 2. The van der Waals surface area contributed by atoms with Gasteiger partial charge >= 0.3 is 11.7 Å². The molecule has 0 aliphatic heterocycles. The fraction of sp³-hybridized carbons (Fsp3) is 0.250. The normalized spacial score (nSPS) is 10.9. The number of para-hydroxylation sites is 3. The number of benzene rings is 2. The molecule has 3 rings (SSSR count). The summed E-state index contributed by atoms with van der Waals surface area (Å²) in [6, 6.07) is 12.1. The van der Waals surface area contributed by atoms with Gasteiger partial charge in [-0.1, -0.05) is 31.2 Å². The second-order valence-corrected chi connectivity index (χ2v) is 6.36. The van der Waals surface area contributed by atoms with Crippen LogP contribution < -0.4 is 11.0 Å². The van der Waals surface area contributed by atoms with Crippen molar-refractivity contribution < 1.29 is 14.7 Å². The molecular formula is C20H21N3O4. The van der Waals surface area contributed by atoms with Crippen molar-refractivity contribution >= 4 is 28.6 Å². The van der Waals surface area contributed by atoms with Gasteiger partial charge in [-0.05, 0) is 37.1 Å². The van der Waals surface area contributed by atoms with Crippen molar-refractivity contribution in [2.24, 2.45) is 0 Å². The molecule has 0 atom stereocenters. The first-order valence-corrected chi connectivity index (χ1v) is 8.74. The lowest BCUT2D eigenvalue weighted by Gasteiger charge is -2.12. The van der Waals surface area contributed by atoms with Crippen LogP contribution in [0.3, 0.4) is 0 Å². The van der Waals surface area contributed by atoms with Gasteiger partial charge in [-0.3, -0.25) is 13.9 Å². The van der Waals surface area contributed by atoms with Crippen LogP contribution in [0.15, 0.2) is 47.3 Å². The molecule has 3 aromatic rings. The molecule has 0 saturated heterocycles. The Bertz CT molecular complexity index is 1080. The number of amides is 1. The standard InChI is InChI=1S/C20H21N3O4/c1-3-11-22-15-9-4-5-10-16(15)23(20(22)27)12-17(24)21-18-13(2)7-6-8-14(18)19(25)26/h4-10H,3,11-12H2,1-2H3,(H,21,24)(H,25,26). The van der Waals surface area contributed by atoms with Crippen molar-refractivity contribution in [1.82, 2.24) is 9.13 Å². The fourth-order valence-electron chi connectivity index (χ4n) is 3.20. The lowest BCUT2D eigenvalue weighted by atomic mass is 10.1. The maximum Gasteiger partial charge on any atom is 0.337 e. The lowest BCUT2D eigenvalue weighted by Crippen LogP contribution is -2.30. The Labute approximate surface area is 155 Å². The highest BCUT2D eigenvalue weighted by atomic mass is 16.4. The van der Waals surface area contributed by atoms with E-state index < -0.39 is 11.9 Å². The Hall–Kier alpha value is -3.35. The van der Waals surface area contributed by atoms with Crippen molar-refractivity contribution in [3.05, 3.63) is 64.1 Å². The van der Waals surface area contributed by atoms with Crippen LogP contribution in [-0.2, 0) is 17.9 Å². The van der Waals surface area contributed by atoms with Crippen LogP contribution in [-0.4, -0.2) is 26.1 Å². The summed E-state index contributed by atoms with van der Waals surface area (Å²) in [5, 5.41) is 12.0. The van der Waals surface area contributed by atoms with Crippen molar-refractivity contribution in [3.63, 3.8) is 0 Å². The predicted molar refractivity (Wildman–Crippen MR) is 103 cm³/mol. The van der Waals surface area contributed by atoms with Gasteiger partial charge in [0.1, 0.15) is 6.54 Å². The third-order valence-electron chi connectivity index (χ3n) is 4.44. The van der Waals surface area contributed by atoms with Crippen molar-refractivity contribution in [2.75, 3.05) is 5.32 Å². The van der Waals surface area contributed by atoms with Gasteiger partial charge in [-0.15, -0.1) is 0 Å². The summed E-state index contributed by atoms with van der Waals surface area (Å²) >= 11 is 0. The smallest absolute Gasteiger partial charge is 0.337 e. The van der Waals surface area contributed by atoms with Gasteiger partial charge in [0.15, 0.2) is 0 Å². The summed E-state index contributed by atoms with van der Waals surface area (Å²) in [5.74, 6) is -1.57. The molecule has 0 radical (unpaired) electrons. The second kappa shape index (κ2) is 7.49. The molecule has 140 valence electrons. The van der Waals surface area contributed by atoms with Gasteiger partial charge in [0, 0.05) is 6.54 Å². The fourth-order valence-corrected chi connectivity index (χ4v) is 3.20. The molecule has 2 N–H and O–H groups in total. The Morgan fingerprint density at radius 3 is 2.33 bits per heavy atom. The van der Waals surface area contributed by atoms with E-state index in [1.165, 1.54) is 10.6 Å². The van der Waals surface area contributed by atoms with Crippen molar-refractivity contribution in [3.8, 4) is 0 Å². The van der Waals surface area contributed by atoms with Crippen LogP contribution >= 0.6 is 0 Å². The molecule has 0 bridgehead atoms. The summed E-state index contributed by atoms with van der Waals surface area (Å²) in [4.78, 5) is 36.8. The number of carbonyl (C=O) groups excluding carboxylic acids is 1. The van der Waals surface area contributed by atoms with E-state index >= 15 is 0 Å². The average Bonchev–Trinajstić information content (AvgIpc) is 2.89. The number of anilines is 1.